The van der Waals surface area contributed by atoms with E-state index >= 15 is 0 Å². The third-order valence-corrected chi connectivity index (χ3v) is 5.47. The highest BCUT2D eigenvalue weighted by molar-refractivity contribution is 7.20. The first-order valence-corrected chi connectivity index (χ1v) is 9.78. The van der Waals surface area contributed by atoms with E-state index in [1.807, 2.05) is 47.2 Å². The summed E-state index contributed by atoms with van der Waals surface area (Å²) in [7, 11) is 1.61. The predicted octanol–water partition coefficient (Wildman–Crippen LogP) is 3.54. The van der Waals surface area contributed by atoms with Gasteiger partial charge in [0.2, 0.25) is 0 Å². The van der Waals surface area contributed by atoms with Crippen LogP contribution in [-0.2, 0) is 13.0 Å². The van der Waals surface area contributed by atoms with Crippen LogP contribution in [0.4, 0.5) is 0 Å². The summed E-state index contributed by atoms with van der Waals surface area (Å²) in [6, 6.07) is 15.7. The molecule has 2 aromatic carbocycles. The summed E-state index contributed by atoms with van der Waals surface area (Å²) in [6.45, 7) is 0.634. The van der Waals surface area contributed by atoms with E-state index in [9.17, 15) is 4.79 Å². The van der Waals surface area contributed by atoms with Crippen LogP contribution < -0.4 is 10.1 Å². The summed E-state index contributed by atoms with van der Waals surface area (Å²) in [4.78, 5) is 21.5. The van der Waals surface area contributed by atoms with Crippen LogP contribution in [0.1, 0.15) is 15.4 Å². The lowest BCUT2D eigenvalue weighted by Crippen LogP contribution is -2.39. The van der Waals surface area contributed by atoms with Crippen LogP contribution in [0.25, 0.3) is 10.2 Å². The van der Waals surface area contributed by atoms with Crippen molar-refractivity contribution >= 4 is 27.5 Å². The number of ether oxygens (including phenoxy) is 1. The van der Waals surface area contributed by atoms with Crippen molar-refractivity contribution in [1.29, 1.82) is 0 Å². The minimum atomic E-state index is -0.177. The first-order chi connectivity index (χ1) is 13.7. The van der Waals surface area contributed by atoms with Crippen LogP contribution in [0, 0.1) is 0 Å². The van der Waals surface area contributed by atoms with Crippen molar-refractivity contribution in [3.8, 4) is 5.75 Å². The van der Waals surface area contributed by atoms with Crippen LogP contribution in [0.5, 0.6) is 5.75 Å². The molecular formula is C21H20N4O2S. The Kier molecular flexibility index (Phi) is 5.34. The highest BCUT2D eigenvalue weighted by Crippen LogP contribution is 2.29. The topological polar surface area (TPSA) is 69.0 Å². The van der Waals surface area contributed by atoms with E-state index in [1.165, 1.54) is 16.9 Å². The molecule has 28 heavy (non-hydrogen) atoms. The average molecular weight is 392 g/mol. The summed E-state index contributed by atoms with van der Waals surface area (Å²) in [6.07, 6.45) is 6.11. The standard InChI is InChI=1S/C21H20N4O2S/c1-27-17-8-5-9-18-19(17)24-21(28-18)20(26)23-16(13-25-11-10-22-14-25)12-15-6-3-2-4-7-15/h2-11,14,16H,12-13H2,1H3,(H,23,26)/t16-/m0/s1. The van der Waals surface area contributed by atoms with Crippen molar-refractivity contribution in [2.24, 2.45) is 0 Å². The lowest BCUT2D eigenvalue weighted by atomic mass is 10.1. The Hall–Kier alpha value is -3.19. The van der Waals surface area contributed by atoms with Gasteiger partial charge in [-0.3, -0.25) is 4.79 Å². The van der Waals surface area contributed by atoms with Crippen molar-refractivity contribution in [2.45, 2.75) is 19.0 Å². The van der Waals surface area contributed by atoms with Gasteiger partial charge in [-0.1, -0.05) is 36.4 Å². The van der Waals surface area contributed by atoms with Crippen LogP contribution in [-0.4, -0.2) is 33.6 Å². The van der Waals surface area contributed by atoms with Crippen molar-refractivity contribution < 1.29 is 9.53 Å². The number of para-hydroxylation sites is 1. The zero-order valence-corrected chi connectivity index (χ0v) is 16.2. The molecule has 1 atom stereocenters. The summed E-state index contributed by atoms with van der Waals surface area (Å²) < 4.78 is 8.25. The molecule has 0 aliphatic carbocycles. The molecule has 0 aliphatic rings. The number of aromatic nitrogens is 3. The van der Waals surface area contributed by atoms with Crippen LogP contribution in [0.3, 0.4) is 0 Å². The van der Waals surface area contributed by atoms with Gasteiger partial charge in [-0.05, 0) is 24.1 Å². The Balaban J connectivity index is 1.56. The third kappa shape index (κ3) is 4.04. The molecule has 1 amide bonds. The van der Waals surface area contributed by atoms with Crippen LogP contribution in [0.2, 0.25) is 0 Å². The minimum absolute atomic E-state index is 0.0852. The van der Waals surface area contributed by atoms with Crippen molar-refractivity contribution in [3.05, 3.63) is 77.8 Å². The number of carbonyl (C=O) groups excluding carboxylic acids is 1. The zero-order valence-electron chi connectivity index (χ0n) is 15.4. The van der Waals surface area contributed by atoms with E-state index in [2.05, 4.69) is 27.4 Å². The highest BCUT2D eigenvalue weighted by Gasteiger charge is 2.19. The number of rotatable bonds is 7. The molecule has 0 radical (unpaired) electrons. The maximum atomic E-state index is 12.9. The molecule has 0 saturated carbocycles. The molecule has 1 N–H and O–H groups in total. The lowest BCUT2D eigenvalue weighted by Gasteiger charge is -2.19. The number of hydrogen-bond acceptors (Lipinski definition) is 5. The number of amides is 1. The molecule has 0 spiro atoms. The first kappa shape index (κ1) is 18.2. The third-order valence-electron chi connectivity index (χ3n) is 4.45. The monoisotopic (exact) mass is 392 g/mol. The minimum Gasteiger partial charge on any atom is -0.494 e. The average Bonchev–Trinajstić information content (AvgIpc) is 3.38. The molecule has 4 rings (SSSR count). The largest absolute Gasteiger partial charge is 0.494 e. The molecule has 0 fully saturated rings. The molecular weight excluding hydrogens is 372 g/mol. The normalized spacial score (nSPS) is 12.0. The predicted molar refractivity (Wildman–Crippen MR) is 110 cm³/mol. The molecule has 4 aromatic rings. The molecule has 6 nitrogen and oxygen atoms in total. The number of hydrogen-bond donors (Lipinski definition) is 1. The fourth-order valence-corrected chi connectivity index (χ4v) is 4.03. The van der Waals surface area contributed by atoms with Gasteiger partial charge in [0.05, 0.1) is 24.2 Å². The molecule has 2 heterocycles. The number of nitrogens with zero attached hydrogens (tertiary/aromatic N) is 3. The second-order valence-electron chi connectivity index (χ2n) is 6.45. The van der Waals surface area contributed by atoms with Crippen LogP contribution >= 0.6 is 11.3 Å². The van der Waals surface area contributed by atoms with E-state index in [1.54, 1.807) is 19.6 Å². The lowest BCUT2D eigenvalue weighted by molar-refractivity contribution is 0.0932. The SMILES string of the molecule is COc1cccc2sc(C(=O)N[C@@H](Cc3ccccc3)Cn3ccnc3)nc12. The highest BCUT2D eigenvalue weighted by atomic mass is 32.1. The molecule has 0 unspecified atom stereocenters. The second-order valence-corrected chi connectivity index (χ2v) is 7.48. The van der Waals surface area contributed by atoms with Crippen LogP contribution in [0.15, 0.2) is 67.3 Å². The number of nitrogens with one attached hydrogen (secondary N) is 1. The maximum absolute atomic E-state index is 12.9. The number of benzene rings is 2. The number of fused-ring (bicyclic) bond motifs is 1. The van der Waals surface area contributed by atoms with Gasteiger partial charge in [-0.2, -0.15) is 0 Å². The Morgan fingerprint density at radius 1 is 1.21 bits per heavy atom. The van der Waals surface area contributed by atoms with Gasteiger partial charge in [0.15, 0.2) is 5.01 Å². The van der Waals surface area contributed by atoms with Crippen molar-refractivity contribution in [1.82, 2.24) is 19.9 Å². The van der Waals surface area contributed by atoms with Gasteiger partial charge in [-0.25, -0.2) is 9.97 Å². The van der Waals surface area contributed by atoms with E-state index in [0.717, 1.165) is 16.6 Å². The Labute approximate surface area is 166 Å². The van der Waals surface area contributed by atoms with Gasteiger partial charge in [0.1, 0.15) is 11.3 Å². The van der Waals surface area contributed by atoms with Gasteiger partial charge in [0.25, 0.3) is 5.91 Å². The Morgan fingerprint density at radius 3 is 2.82 bits per heavy atom. The fraction of sp³-hybridized carbons (Fsp3) is 0.190. The smallest absolute Gasteiger partial charge is 0.280 e. The van der Waals surface area contributed by atoms with E-state index < -0.39 is 0 Å². The summed E-state index contributed by atoms with van der Waals surface area (Å²) in [5.74, 6) is 0.497. The molecule has 142 valence electrons. The van der Waals surface area contributed by atoms with Gasteiger partial charge < -0.3 is 14.6 Å². The van der Waals surface area contributed by atoms with Gasteiger partial charge >= 0.3 is 0 Å². The molecule has 0 saturated heterocycles. The van der Waals surface area contributed by atoms with E-state index in [4.69, 9.17) is 4.74 Å². The van der Waals surface area contributed by atoms with Gasteiger partial charge in [0, 0.05) is 18.9 Å². The quantitative estimate of drug-likeness (QED) is 0.522. The molecule has 7 heteroatoms. The summed E-state index contributed by atoms with van der Waals surface area (Å²) >= 11 is 1.37. The van der Waals surface area contributed by atoms with Crippen molar-refractivity contribution in [2.75, 3.05) is 7.11 Å². The zero-order chi connectivity index (χ0) is 19.3. The van der Waals surface area contributed by atoms with Crippen molar-refractivity contribution in [3.63, 3.8) is 0 Å². The Morgan fingerprint density at radius 2 is 2.07 bits per heavy atom. The Bertz CT molecular complexity index is 1060. The van der Waals surface area contributed by atoms with Gasteiger partial charge in [-0.15, -0.1) is 11.3 Å². The molecule has 0 aliphatic heterocycles. The number of imidazole rings is 1. The number of thiazole rings is 1. The number of carbonyl (C=O) groups is 1. The van der Waals surface area contributed by atoms with E-state index in [-0.39, 0.29) is 11.9 Å². The van der Waals surface area contributed by atoms with E-state index in [0.29, 0.717) is 17.3 Å². The fourth-order valence-electron chi connectivity index (χ4n) is 3.14. The number of methoxy groups -OCH3 is 1. The molecule has 2 aromatic heterocycles. The molecule has 0 bridgehead atoms. The second kappa shape index (κ2) is 8.22. The first-order valence-electron chi connectivity index (χ1n) is 8.97. The summed E-state index contributed by atoms with van der Waals surface area (Å²) in [5, 5.41) is 3.57. The maximum Gasteiger partial charge on any atom is 0.280 e. The summed E-state index contributed by atoms with van der Waals surface area (Å²) in [5.41, 5.74) is 1.88.